The second kappa shape index (κ2) is 6.87. The Morgan fingerprint density at radius 2 is 2.03 bits per heavy atom. The van der Waals surface area contributed by atoms with Crippen LogP contribution in [-0.2, 0) is 6.54 Å². The van der Waals surface area contributed by atoms with Crippen molar-refractivity contribution in [1.82, 2.24) is 19.5 Å². The van der Waals surface area contributed by atoms with Crippen molar-refractivity contribution in [3.05, 3.63) is 90.4 Å². The molecule has 1 amide bonds. The molecule has 0 bridgehead atoms. The van der Waals surface area contributed by atoms with E-state index in [0.717, 1.165) is 27.5 Å². The Hall–Kier alpha value is -4.00. The van der Waals surface area contributed by atoms with Crippen LogP contribution in [0.25, 0.3) is 21.9 Å². The second-order valence-corrected chi connectivity index (χ2v) is 6.77. The van der Waals surface area contributed by atoms with Gasteiger partial charge in [-0.25, -0.2) is 9.37 Å². The number of carbonyl (C=O) groups is 1. The van der Waals surface area contributed by atoms with Gasteiger partial charge in [0.05, 0.1) is 23.6 Å². The van der Waals surface area contributed by atoms with Crippen molar-refractivity contribution in [2.24, 2.45) is 0 Å². The first-order chi connectivity index (χ1) is 14.2. The lowest BCUT2D eigenvalue weighted by atomic mass is 10.2. The molecule has 0 saturated heterocycles. The van der Waals surface area contributed by atoms with E-state index in [2.05, 4.69) is 20.3 Å². The van der Waals surface area contributed by atoms with E-state index >= 15 is 0 Å². The number of H-pyrrole nitrogens is 1. The molecule has 0 radical (unpaired) electrons. The molecule has 29 heavy (non-hydrogen) atoms. The summed E-state index contributed by atoms with van der Waals surface area (Å²) in [6.07, 6.45) is 6.80. The van der Waals surface area contributed by atoms with Crippen LogP contribution in [0.2, 0.25) is 0 Å². The van der Waals surface area contributed by atoms with Crippen LogP contribution < -0.4 is 5.32 Å². The third-order valence-electron chi connectivity index (χ3n) is 4.83. The molecule has 0 fully saturated rings. The smallest absolute Gasteiger partial charge is 0.272 e. The number of hydrogen-bond donors (Lipinski definition) is 2. The topological polar surface area (TPSA) is 75.6 Å². The molecular weight excluding hydrogens is 369 g/mol. The summed E-state index contributed by atoms with van der Waals surface area (Å²) >= 11 is 0. The number of nitrogens with zero attached hydrogens (tertiary/aromatic N) is 3. The van der Waals surface area contributed by atoms with Gasteiger partial charge in [0.1, 0.15) is 17.2 Å². The lowest BCUT2D eigenvalue weighted by Crippen LogP contribution is -2.17. The van der Waals surface area contributed by atoms with Crippen LogP contribution in [-0.4, -0.2) is 25.4 Å². The van der Waals surface area contributed by atoms with Crippen LogP contribution in [0.4, 0.5) is 10.1 Å². The minimum Gasteiger partial charge on any atom is -0.346 e. The van der Waals surface area contributed by atoms with Gasteiger partial charge in [-0.1, -0.05) is 12.1 Å². The number of anilines is 1. The van der Waals surface area contributed by atoms with E-state index in [4.69, 9.17) is 0 Å². The van der Waals surface area contributed by atoms with Gasteiger partial charge in [-0.05, 0) is 42.0 Å². The Bertz CT molecular complexity index is 1350. The summed E-state index contributed by atoms with van der Waals surface area (Å²) < 4.78 is 15.5. The summed E-state index contributed by atoms with van der Waals surface area (Å²) in [6, 6.07) is 13.8. The summed E-state index contributed by atoms with van der Waals surface area (Å²) in [5.41, 5.74) is 3.39. The fraction of sp³-hybridized carbons (Fsp3) is 0.0455. The molecule has 6 nitrogen and oxygen atoms in total. The lowest BCUT2D eigenvalue weighted by molar-refractivity contribution is 0.101. The Balaban J connectivity index is 1.53. The number of benzene rings is 1. The van der Waals surface area contributed by atoms with E-state index in [0.29, 0.717) is 17.9 Å². The number of aromatic amines is 1. The minimum absolute atomic E-state index is 0.269. The maximum absolute atomic E-state index is 13.6. The monoisotopic (exact) mass is 385 g/mol. The number of halogens is 1. The zero-order chi connectivity index (χ0) is 19.8. The number of hydrogen-bond acceptors (Lipinski definition) is 3. The normalized spacial score (nSPS) is 11.2. The van der Waals surface area contributed by atoms with Crippen LogP contribution in [0.1, 0.15) is 16.1 Å². The predicted octanol–water partition coefficient (Wildman–Crippen LogP) is 4.35. The highest BCUT2D eigenvalue weighted by atomic mass is 19.1. The molecule has 0 atom stereocenters. The first kappa shape index (κ1) is 17.1. The average molecular weight is 385 g/mol. The van der Waals surface area contributed by atoms with Crippen molar-refractivity contribution < 1.29 is 9.18 Å². The zero-order valence-corrected chi connectivity index (χ0v) is 15.3. The quantitative estimate of drug-likeness (QED) is 0.483. The van der Waals surface area contributed by atoms with Crippen molar-refractivity contribution in [3.8, 4) is 0 Å². The number of amides is 1. The number of pyridine rings is 2. The van der Waals surface area contributed by atoms with Crippen LogP contribution >= 0.6 is 0 Å². The predicted molar refractivity (Wildman–Crippen MR) is 109 cm³/mol. The summed E-state index contributed by atoms with van der Waals surface area (Å²) in [5, 5.41) is 4.71. The van der Waals surface area contributed by atoms with Gasteiger partial charge in [0, 0.05) is 29.7 Å². The van der Waals surface area contributed by atoms with E-state index in [9.17, 15) is 9.18 Å². The molecule has 5 rings (SSSR count). The van der Waals surface area contributed by atoms with E-state index in [-0.39, 0.29) is 11.7 Å². The molecule has 0 aliphatic heterocycles. The third-order valence-corrected chi connectivity index (χ3v) is 4.83. The number of aromatic nitrogens is 4. The molecule has 1 aromatic carbocycles. The molecule has 142 valence electrons. The van der Waals surface area contributed by atoms with Crippen molar-refractivity contribution >= 4 is 33.5 Å². The van der Waals surface area contributed by atoms with E-state index in [1.165, 1.54) is 12.1 Å². The van der Waals surface area contributed by atoms with Gasteiger partial charge < -0.3 is 14.9 Å². The number of carbonyl (C=O) groups excluding carboxylic acids is 1. The fourth-order valence-electron chi connectivity index (χ4n) is 3.48. The van der Waals surface area contributed by atoms with Gasteiger partial charge in [0.2, 0.25) is 0 Å². The van der Waals surface area contributed by atoms with Crippen molar-refractivity contribution in [2.45, 2.75) is 6.54 Å². The van der Waals surface area contributed by atoms with Crippen LogP contribution in [0.3, 0.4) is 0 Å². The standard InChI is InChI=1S/C22H16FN5O/c23-17-3-1-2-14(8-17)13-28-19(10-15-4-6-24-12-20(15)28)22(29)27-18-9-16-5-7-25-21(16)26-11-18/h1-12H,13H2,(H,25,26)(H,27,29). The van der Waals surface area contributed by atoms with E-state index < -0.39 is 0 Å². The van der Waals surface area contributed by atoms with Crippen LogP contribution in [0.15, 0.2) is 73.3 Å². The fourth-order valence-corrected chi connectivity index (χ4v) is 3.48. The highest BCUT2D eigenvalue weighted by Crippen LogP contribution is 2.23. The molecule has 7 heteroatoms. The molecule has 0 unspecified atom stereocenters. The Labute approximate surface area is 165 Å². The summed E-state index contributed by atoms with van der Waals surface area (Å²) in [5.74, 6) is -0.580. The highest BCUT2D eigenvalue weighted by molar-refractivity contribution is 6.06. The van der Waals surface area contributed by atoms with Gasteiger partial charge in [-0.15, -0.1) is 0 Å². The highest BCUT2D eigenvalue weighted by Gasteiger charge is 2.17. The van der Waals surface area contributed by atoms with Crippen molar-refractivity contribution in [2.75, 3.05) is 5.32 Å². The summed E-state index contributed by atoms with van der Waals surface area (Å²) in [4.78, 5) is 24.6. The Morgan fingerprint density at radius 1 is 1.10 bits per heavy atom. The average Bonchev–Trinajstić information content (AvgIpc) is 3.33. The number of rotatable bonds is 4. The van der Waals surface area contributed by atoms with E-state index in [1.807, 2.05) is 34.9 Å². The Kier molecular flexibility index (Phi) is 4.05. The molecule has 5 aromatic rings. The first-order valence-corrected chi connectivity index (χ1v) is 9.09. The molecule has 4 heterocycles. The first-order valence-electron chi connectivity index (χ1n) is 9.09. The van der Waals surface area contributed by atoms with Gasteiger partial charge in [0.25, 0.3) is 5.91 Å². The third kappa shape index (κ3) is 3.23. The van der Waals surface area contributed by atoms with Gasteiger partial charge in [-0.3, -0.25) is 9.78 Å². The minimum atomic E-state index is -0.311. The van der Waals surface area contributed by atoms with Crippen LogP contribution in [0.5, 0.6) is 0 Å². The largest absolute Gasteiger partial charge is 0.346 e. The molecule has 0 aliphatic carbocycles. The molecule has 0 saturated carbocycles. The molecular formula is C22H16FN5O. The van der Waals surface area contributed by atoms with Crippen molar-refractivity contribution in [1.29, 1.82) is 0 Å². The Morgan fingerprint density at radius 3 is 2.93 bits per heavy atom. The van der Waals surface area contributed by atoms with Crippen LogP contribution in [0, 0.1) is 5.82 Å². The molecule has 4 aromatic heterocycles. The molecule has 0 spiro atoms. The van der Waals surface area contributed by atoms with Gasteiger partial charge in [-0.2, -0.15) is 0 Å². The van der Waals surface area contributed by atoms with Crippen molar-refractivity contribution in [3.63, 3.8) is 0 Å². The van der Waals surface area contributed by atoms with Gasteiger partial charge >= 0.3 is 0 Å². The SMILES string of the molecule is O=C(Nc1cnc2[nH]ccc2c1)c1cc2ccncc2n1Cc1cccc(F)c1. The number of nitrogens with one attached hydrogen (secondary N) is 2. The van der Waals surface area contributed by atoms with Gasteiger partial charge in [0.15, 0.2) is 0 Å². The molecule has 2 N–H and O–H groups in total. The summed E-state index contributed by atoms with van der Waals surface area (Å²) in [6.45, 7) is 0.352. The van der Waals surface area contributed by atoms with E-state index in [1.54, 1.807) is 30.9 Å². The second-order valence-electron chi connectivity index (χ2n) is 6.77. The lowest BCUT2D eigenvalue weighted by Gasteiger charge is -2.11. The number of fused-ring (bicyclic) bond motifs is 2. The maximum Gasteiger partial charge on any atom is 0.272 e. The zero-order valence-electron chi connectivity index (χ0n) is 15.3. The summed E-state index contributed by atoms with van der Waals surface area (Å²) in [7, 11) is 0. The molecule has 0 aliphatic rings. The maximum atomic E-state index is 13.6.